The van der Waals surface area contributed by atoms with Crippen LogP contribution >= 0.6 is 0 Å². The zero-order valence-corrected chi connectivity index (χ0v) is 9.00. The van der Waals surface area contributed by atoms with Crippen LogP contribution in [0.3, 0.4) is 0 Å². The highest BCUT2D eigenvalue weighted by Gasteiger charge is 2.33. The molecule has 6 heteroatoms. The maximum Gasteiger partial charge on any atom is 0.304 e. The molecular weight excluding hydrogens is 204 g/mol. The van der Waals surface area contributed by atoms with Crippen molar-refractivity contribution in [3.05, 3.63) is 0 Å². The minimum atomic E-state index is -3.32. The summed E-state index contributed by atoms with van der Waals surface area (Å²) in [6.45, 7) is 2.30. The topological polar surface area (TPSA) is 49.9 Å². The molecule has 2 heterocycles. The molecule has 14 heavy (non-hydrogen) atoms. The molecule has 2 aliphatic rings. The number of hydrogen-bond donors (Lipinski definition) is 0. The molecule has 82 valence electrons. The first-order valence-electron chi connectivity index (χ1n) is 5.12. The SMILES string of the molecule is O=S(=O)(N1CCCCC1)N1CCCO1. The van der Waals surface area contributed by atoms with Crippen LogP contribution in [0.2, 0.25) is 0 Å². The maximum absolute atomic E-state index is 11.9. The van der Waals surface area contributed by atoms with Crippen LogP contribution in [-0.2, 0) is 15.0 Å². The second-order valence-electron chi connectivity index (χ2n) is 3.68. The van der Waals surface area contributed by atoms with Gasteiger partial charge in [-0.15, -0.1) is 0 Å². The summed E-state index contributed by atoms with van der Waals surface area (Å²) in [4.78, 5) is 5.07. The van der Waals surface area contributed by atoms with Crippen LogP contribution in [0.5, 0.6) is 0 Å². The standard InChI is InChI=1S/C8H16N2O3S/c11-14(12,10-7-4-8-13-10)9-5-2-1-3-6-9/h1-8H2. The van der Waals surface area contributed by atoms with E-state index in [1.807, 2.05) is 0 Å². The molecule has 0 aliphatic carbocycles. The van der Waals surface area contributed by atoms with Crippen molar-refractivity contribution >= 4 is 10.2 Å². The molecule has 0 saturated carbocycles. The van der Waals surface area contributed by atoms with Crippen molar-refractivity contribution in [1.29, 1.82) is 0 Å². The van der Waals surface area contributed by atoms with Crippen molar-refractivity contribution in [2.24, 2.45) is 0 Å². The van der Waals surface area contributed by atoms with E-state index in [0.717, 1.165) is 30.2 Å². The van der Waals surface area contributed by atoms with E-state index in [9.17, 15) is 8.42 Å². The predicted octanol–water partition coefficient (Wildman–Crippen LogP) is 0.354. The van der Waals surface area contributed by atoms with Crippen molar-refractivity contribution < 1.29 is 13.3 Å². The Labute approximate surface area is 84.8 Å². The van der Waals surface area contributed by atoms with E-state index in [2.05, 4.69) is 0 Å². The molecule has 0 spiro atoms. The Bertz CT molecular complexity index is 279. The average Bonchev–Trinajstić information content (AvgIpc) is 2.72. The van der Waals surface area contributed by atoms with Crippen molar-refractivity contribution in [1.82, 2.24) is 8.77 Å². The van der Waals surface area contributed by atoms with Gasteiger partial charge in [0.25, 0.3) is 0 Å². The van der Waals surface area contributed by atoms with Crippen molar-refractivity contribution in [3.63, 3.8) is 0 Å². The minimum Gasteiger partial charge on any atom is -0.283 e. The zero-order chi connectivity index (χ0) is 10.0. The quantitative estimate of drug-likeness (QED) is 0.675. The lowest BCUT2D eigenvalue weighted by molar-refractivity contribution is -0.0345. The van der Waals surface area contributed by atoms with Crippen LogP contribution in [0.15, 0.2) is 0 Å². The molecular formula is C8H16N2O3S. The molecule has 2 aliphatic heterocycles. The van der Waals surface area contributed by atoms with Gasteiger partial charge in [-0.25, -0.2) is 0 Å². The lowest BCUT2D eigenvalue weighted by atomic mass is 10.2. The van der Waals surface area contributed by atoms with E-state index in [0.29, 0.717) is 26.2 Å². The van der Waals surface area contributed by atoms with E-state index in [1.165, 1.54) is 4.31 Å². The smallest absolute Gasteiger partial charge is 0.283 e. The van der Waals surface area contributed by atoms with Crippen molar-refractivity contribution in [2.75, 3.05) is 26.2 Å². The minimum absolute atomic E-state index is 0.499. The molecule has 0 N–H and O–H groups in total. The first-order valence-corrected chi connectivity index (χ1v) is 6.52. The van der Waals surface area contributed by atoms with Gasteiger partial charge in [0.05, 0.1) is 6.61 Å². The third-order valence-electron chi connectivity index (χ3n) is 2.62. The monoisotopic (exact) mass is 220 g/mol. The Morgan fingerprint density at radius 1 is 0.929 bits per heavy atom. The van der Waals surface area contributed by atoms with Crippen LogP contribution in [-0.4, -0.2) is 43.4 Å². The number of hydroxylamine groups is 1. The fraction of sp³-hybridized carbons (Fsp3) is 1.00. The highest BCUT2D eigenvalue weighted by atomic mass is 32.2. The van der Waals surface area contributed by atoms with Crippen LogP contribution in [0, 0.1) is 0 Å². The molecule has 2 fully saturated rings. The fourth-order valence-electron chi connectivity index (χ4n) is 1.83. The molecule has 0 bridgehead atoms. The lowest BCUT2D eigenvalue weighted by Crippen LogP contribution is -2.44. The summed E-state index contributed by atoms with van der Waals surface area (Å²) in [5.74, 6) is 0. The van der Waals surface area contributed by atoms with Crippen LogP contribution < -0.4 is 0 Å². The third-order valence-corrected chi connectivity index (χ3v) is 4.44. The molecule has 0 radical (unpaired) electrons. The largest absolute Gasteiger partial charge is 0.304 e. The second-order valence-corrected chi connectivity index (χ2v) is 5.50. The molecule has 0 unspecified atom stereocenters. The normalized spacial score (nSPS) is 26.9. The van der Waals surface area contributed by atoms with Crippen LogP contribution in [0.25, 0.3) is 0 Å². The first-order chi connectivity index (χ1) is 6.71. The highest BCUT2D eigenvalue weighted by molar-refractivity contribution is 7.86. The van der Waals surface area contributed by atoms with Gasteiger partial charge in [-0.3, -0.25) is 4.84 Å². The van der Waals surface area contributed by atoms with Gasteiger partial charge in [0.15, 0.2) is 0 Å². The van der Waals surface area contributed by atoms with Crippen molar-refractivity contribution in [2.45, 2.75) is 25.7 Å². The van der Waals surface area contributed by atoms with Crippen LogP contribution in [0.1, 0.15) is 25.7 Å². The number of nitrogens with zero attached hydrogens (tertiary/aromatic N) is 2. The lowest BCUT2D eigenvalue weighted by Gasteiger charge is -2.28. The molecule has 2 saturated heterocycles. The summed E-state index contributed by atoms with van der Waals surface area (Å²) in [5.41, 5.74) is 0. The Balaban J connectivity index is 2.05. The van der Waals surface area contributed by atoms with Gasteiger partial charge in [0, 0.05) is 19.6 Å². The first kappa shape index (κ1) is 10.4. The van der Waals surface area contributed by atoms with Crippen molar-refractivity contribution in [3.8, 4) is 0 Å². The Kier molecular flexibility index (Phi) is 3.06. The predicted molar refractivity (Wildman–Crippen MR) is 51.6 cm³/mol. The van der Waals surface area contributed by atoms with Crippen LogP contribution in [0.4, 0.5) is 0 Å². The molecule has 0 amide bonds. The zero-order valence-electron chi connectivity index (χ0n) is 8.18. The molecule has 0 aromatic rings. The maximum atomic E-state index is 11.9. The molecule has 5 nitrogen and oxygen atoms in total. The van der Waals surface area contributed by atoms with E-state index >= 15 is 0 Å². The van der Waals surface area contributed by atoms with E-state index < -0.39 is 10.2 Å². The molecule has 0 aromatic carbocycles. The summed E-state index contributed by atoms with van der Waals surface area (Å²) < 4.78 is 26.5. The molecule has 2 rings (SSSR count). The van der Waals surface area contributed by atoms with Gasteiger partial charge in [-0.1, -0.05) is 10.9 Å². The number of rotatable bonds is 2. The van der Waals surface area contributed by atoms with Gasteiger partial charge in [0.2, 0.25) is 0 Å². The fourth-order valence-corrected chi connectivity index (χ4v) is 3.38. The van der Waals surface area contributed by atoms with Gasteiger partial charge < -0.3 is 0 Å². The number of piperidine rings is 1. The third kappa shape index (κ3) is 1.93. The van der Waals surface area contributed by atoms with Gasteiger partial charge in [-0.2, -0.15) is 12.7 Å². The highest BCUT2D eigenvalue weighted by Crippen LogP contribution is 2.19. The second kappa shape index (κ2) is 4.14. The summed E-state index contributed by atoms with van der Waals surface area (Å²) in [6.07, 6.45) is 3.86. The van der Waals surface area contributed by atoms with Gasteiger partial charge >= 0.3 is 10.2 Å². The van der Waals surface area contributed by atoms with E-state index in [4.69, 9.17) is 4.84 Å². The molecule has 0 atom stereocenters. The van der Waals surface area contributed by atoms with E-state index in [-0.39, 0.29) is 0 Å². The Morgan fingerprint density at radius 3 is 2.21 bits per heavy atom. The summed E-state index contributed by atoms with van der Waals surface area (Å²) in [5, 5.41) is 0. The molecule has 0 aromatic heterocycles. The summed E-state index contributed by atoms with van der Waals surface area (Å²) >= 11 is 0. The number of hydrogen-bond acceptors (Lipinski definition) is 3. The van der Waals surface area contributed by atoms with Gasteiger partial charge in [-0.05, 0) is 19.3 Å². The summed E-state index contributed by atoms with van der Waals surface area (Å²) in [6, 6.07) is 0. The Hall–Kier alpha value is -0.170. The summed E-state index contributed by atoms with van der Waals surface area (Å²) in [7, 11) is -3.32. The van der Waals surface area contributed by atoms with Gasteiger partial charge in [0.1, 0.15) is 0 Å². The average molecular weight is 220 g/mol. The van der Waals surface area contributed by atoms with E-state index in [1.54, 1.807) is 0 Å². The Morgan fingerprint density at radius 2 is 1.64 bits per heavy atom.